The first kappa shape index (κ1) is 11.6. The number of hydrogen-bond donors (Lipinski definition) is 1. The lowest BCUT2D eigenvalue weighted by Gasteiger charge is -1.97. The van der Waals surface area contributed by atoms with E-state index in [2.05, 4.69) is 15.1 Å². The monoisotopic (exact) mass is 255 g/mol. The Labute approximate surface area is 109 Å². The van der Waals surface area contributed by atoms with E-state index >= 15 is 0 Å². The summed E-state index contributed by atoms with van der Waals surface area (Å²) in [6.07, 6.45) is 3.53. The van der Waals surface area contributed by atoms with Crippen molar-refractivity contribution in [2.24, 2.45) is 12.8 Å². The van der Waals surface area contributed by atoms with E-state index in [4.69, 9.17) is 10.3 Å². The van der Waals surface area contributed by atoms with Crippen molar-refractivity contribution in [1.29, 1.82) is 0 Å². The van der Waals surface area contributed by atoms with Crippen LogP contribution in [0, 0.1) is 0 Å². The van der Waals surface area contributed by atoms with E-state index in [1.54, 1.807) is 6.20 Å². The Balaban J connectivity index is 1.94. The second kappa shape index (κ2) is 4.66. The van der Waals surface area contributed by atoms with Crippen LogP contribution in [0.15, 0.2) is 41.2 Å². The number of nitrogens with two attached hydrogens (primary N) is 1. The molecule has 2 aromatic heterocycles. The highest BCUT2D eigenvalue weighted by Crippen LogP contribution is 2.21. The predicted molar refractivity (Wildman–Crippen MR) is 69.8 cm³/mol. The molecule has 2 N–H and O–H groups in total. The summed E-state index contributed by atoms with van der Waals surface area (Å²) < 4.78 is 7.10. The lowest BCUT2D eigenvalue weighted by atomic mass is 10.1. The molecule has 19 heavy (non-hydrogen) atoms. The zero-order chi connectivity index (χ0) is 13.2. The van der Waals surface area contributed by atoms with Crippen molar-refractivity contribution in [1.82, 2.24) is 19.7 Å². The maximum atomic E-state index is 5.56. The number of rotatable bonds is 3. The molecule has 0 aliphatic rings. The number of aromatic nitrogens is 4. The minimum Gasteiger partial charge on any atom is -0.334 e. The van der Waals surface area contributed by atoms with Crippen LogP contribution in [-0.2, 0) is 13.6 Å². The molecule has 0 saturated heterocycles. The van der Waals surface area contributed by atoms with Crippen molar-refractivity contribution in [2.75, 3.05) is 0 Å². The molecule has 3 rings (SSSR count). The standard InChI is InChI=1S/C13H13N5O/c1-18-7-6-15-12(18)11-16-13(19-17-11)10-4-2-9(8-14)3-5-10/h2-7H,8,14H2,1H3. The van der Waals surface area contributed by atoms with E-state index in [1.165, 1.54) is 0 Å². The summed E-state index contributed by atoms with van der Waals surface area (Å²) in [4.78, 5) is 8.53. The molecule has 0 spiro atoms. The van der Waals surface area contributed by atoms with Crippen molar-refractivity contribution in [3.63, 3.8) is 0 Å². The summed E-state index contributed by atoms with van der Waals surface area (Å²) in [5, 5.41) is 3.94. The molecule has 96 valence electrons. The van der Waals surface area contributed by atoms with Crippen LogP contribution in [0.5, 0.6) is 0 Å². The zero-order valence-corrected chi connectivity index (χ0v) is 10.4. The van der Waals surface area contributed by atoms with Crippen LogP contribution in [0.1, 0.15) is 5.56 Å². The summed E-state index contributed by atoms with van der Waals surface area (Å²) in [5.41, 5.74) is 7.49. The molecule has 1 aromatic carbocycles. The van der Waals surface area contributed by atoms with E-state index in [0.717, 1.165) is 11.1 Å². The van der Waals surface area contributed by atoms with Gasteiger partial charge in [-0.1, -0.05) is 17.3 Å². The van der Waals surface area contributed by atoms with Crippen LogP contribution in [0.25, 0.3) is 23.1 Å². The molecule has 0 atom stereocenters. The highest BCUT2D eigenvalue weighted by Gasteiger charge is 2.13. The second-order valence-electron chi connectivity index (χ2n) is 4.19. The molecule has 0 amide bonds. The third-order valence-corrected chi connectivity index (χ3v) is 2.88. The molecule has 6 nitrogen and oxygen atoms in total. The first-order valence-corrected chi connectivity index (χ1v) is 5.88. The maximum absolute atomic E-state index is 5.56. The van der Waals surface area contributed by atoms with Gasteiger partial charge in [0.2, 0.25) is 5.82 Å². The van der Waals surface area contributed by atoms with Crippen molar-refractivity contribution in [2.45, 2.75) is 6.54 Å². The van der Waals surface area contributed by atoms with Crippen molar-refractivity contribution in [3.8, 4) is 23.1 Å². The van der Waals surface area contributed by atoms with Crippen LogP contribution in [0.4, 0.5) is 0 Å². The maximum Gasteiger partial charge on any atom is 0.258 e. The summed E-state index contributed by atoms with van der Waals surface area (Å²) in [6, 6.07) is 7.72. The van der Waals surface area contributed by atoms with Gasteiger partial charge in [-0.15, -0.1) is 0 Å². The van der Waals surface area contributed by atoms with E-state index in [-0.39, 0.29) is 0 Å². The molecule has 2 heterocycles. The number of aryl methyl sites for hydroxylation is 1. The van der Waals surface area contributed by atoms with Gasteiger partial charge in [-0.3, -0.25) is 0 Å². The third-order valence-electron chi connectivity index (χ3n) is 2.88. The van der Waals surface area contributed by atoms with E-state index < -0.39 is 0 Å². The van der Waals surface area contributed by atoms with Gasteiger partial charge < -0.3 is 14.8 Å². The van der Waals surface area contributed by atoms with Gasteiger partial charge in [-0.05, 0) is 17.7 Å². The average molecular weight is 255 g/mol. The van der Waals surface area contributed by atoms with Crippen LogP contribution in [0.3, 0.4) is 0 Å². The van der Waals surface area contributed by atoms with E-state index in [9.17, 15) is 0 Å². The first-order valence-electron chi connectivity index (χ1n) is 5.88. The molecule has 6 heteroatoms. The van der Waals surface area contributed by atoms with Crippen LogP contribution in [-0.4, -0.2) is 19.7 Å². The molecular weight excluding hydrogens is 242 g/mol. The van der Waals surface area contributed by atoms with Gasteiger partial charge in [0.15, 0.2) is 5.82 Å². The van der Waals surface area contributed by atoms with E-state index in [1.807, 2.05) is 42.1 Å². The molecule has 0 fully saturated rings. The topological polar surface area (TPSA) is 82.8 Å². The third kappa shape index (κ3) is 2.13. The van der Waals surface area contributed by atoms with Crippen LogP contribution < -0.4 is 5.73 Å². The highest BCUT2D eigenvalue weighted by molar-refractivity contribution is 5.56. The Hall–Kier alpha value is -2.47. The van der Waals surface area contributed by atoms with Crippen molar-refractivity contribution >= 4 is 0 Å². The van der Waals surface area contributed by atoms with Gasteiger partial charge in [0.25, 0.3) is 5.89 Å². The SMILES string of the molecule is Cn1ccnc1-c1noc(-c2ccc(CN)cc2)n1. The lowest BCUT2D eigenvalue weighted by Crippen LogP contribution is -1.95. The molecule has 0 radical (unpaired) electrons. The summed E-state index contributed by atoms with van der Waals surface area (Å²) in [5.74, 6) is 1.63. The number of benzene rings is 1. The summed E-state index contributed by atoms with van der Waals surface area (Å²) >= 11 is 0. The first-order chi connectivity index (χ1) is 9.28. The fraction of sp³-hybridized carbons (Fsp3) is 0.154. The molecule has 0 saturated carbocycles. The predicted octanol–water partition coefficient (Wildman–Crippen LogP) is 1.60. The largest absolute Gasteiger partial charge is 0.334 e. The van der Waals surface area contributed by atoms with Gasteiger partial charge in [-0.25, -0.2) is 4.98 Å². The Kier molecular flexibility index (Phi) is 2.85. The van der Waals surface area contributed by atoms with Gasteiger partial charge >= 0.3 is 0 Å². The van der Waals surface area contributed by atoms with Crippen LogP contribution in [0.2, 0.25) is 0 Å². The number of nitrogens with zero attached hydrogens (tertiary/aromatic N) is 4. The Bertz CT molecular complexity index is 683. The fourth-order valence-electron chi connectivity index (χ4n) is 1.80. The van der Waals surface area contributed by atoms with Gasteiger partial charge in [0.1, 0.15) is 0 Å². The van der Waals surface area contributed by atoms with Gasteiger partial charge in [0.05, 0.1) is 0 Å². The molecular formula is C13H13N5O. The minimum atomic E-state index is 0.474. The Morgan fingerprint density at radius 2 is 2.05 bits per heavy atom. The van der Waals surface area contributed by atoms with Gasteiger partial charge in [0, 0.05) is 31.5 Å². The van der Waals surface area contributed by atoms with Crippen molar-refractivity contribution < 1.29 is 4.52 Å². The number of imidazole rings is 1. The number of hydrogen-bond acceptors (Lipinski definition) is 5. The molecule has 0 aliphatic heterocycles. The normalized spacial score (nSPS) is 10.8. The molecule has 0 aliphatic carbocycles. The average Bonchev–Trinajstić information content (AvgIpc) is 3.07. The van der Waals surface area contributed by atoms with E-state index in [0.29, 0.717) is 24.1 Å². The van der Waals surface area contributed by atoms with Crippen molar-refractivity contribution in [3.05, 3.63) is 42.2 Å². The smallest absolute Gasteiger partial charge is 0.258 e. The quantitative estimate of drug-likeness (QED) is 0.768. The Morgan fingerprint density at radius 3 is 2.68 bits per heavy atom. The zero-order valence-electron chi connectivity index (χ0n) is 10.4. The summed E-state index contributed by atoms with van der Waals surface area (Å²) in [7, 11) is 1.88. The fourth-order valence-corrected chi connectivity index (χ4v) is 1.80. The van der Waals surface area contributed by atoms with Gasteiger partial charge in [-0.2, -0.15) is 4.98 Å². The molecule has 3 aromatic rings. The second-order valence-corrected chi connectivity index (χ2v) is 4.19. The lowest BCUT2D eigenvalue weighted by molar-refractivity contribution is 0.431. The molecule has 0 bridgehead atoms. The highest BCUT2D eigenvalue weighted by atomic mass is 16.5. The summed E-state index contributed by atoms with van der Waals surface area (Å²) in [6.45, 7) is 0.517. The Morgan fingerprint density at radius 1 is 1.26 bits per heavy atom. The molecule has 0 unspecified atom stereocenters. The van der Waals surface area contributed by atoms with Crippen LogP contribution >= 0.6 is 0 Å². The minimum absolute atomic E-state index is 0.474.